The Bertz CT molecular complexity index is 1080. The molecule has 1 heterocycles. The zero-order chi connectivity index (χ0) is 38.8. The molecule has 2 amide bonds. The first-order valence-electron chi connectivity index (χ1n) is 17.5. The third kappa shape index (κ3) is 19.0. The summed E-state index contributed by atoms with van der Waals surface area (Å²) in [5.41, 5.74) is -2.01. The molecule has 0 aromatic carbocycles. The van der Waals surface area contributed by atoms with Gasteiger partial charge in [-0.3, -0.25) is 34.0 Å². The number of hydrogen-bond acceptors (Lipinski definition) is 16. The SMILES string of the molecule is CCOC(=O)CN1CCN(CC(=O)OCC)CCN(CC(C(=O)OC)N(C(=O)OC(C)(C)C)C(=O)OC(C)(C)C)CCN(CC(=O)OCC)CC1. The van der Waals surface area contributed by atoms with Crippen LogP contribution < -0.4 is 0 Å². The quantitative estimate of drug-likeness (QED) is 0.197. The van der Waals surface area contributed by atoms with Crippen molar-refractivity contribution in [2.45, 2.75) is 79.6 Å². The summed E-state index contributed by atoms with van der Waals surface area (Å²) >= 11 is 0. The van der Waals surface area contributed by atoms with Crippen molar-refractivity contribution < 1.29 is 57.2 Å². The highest BCUT2D eigenvalue weighted by Crippen LogP contribution is 2.19. The van der Waals surface area contributed by atoms with Crippen LogP contribution >= 0.6 is 0 Å². The van der Waals surface area contributed by atoms with E-state index in [-0.39, 0.29) is 59.1 Å². The van der Waals surface area contributed by atoms with Gasteiger partial charge in [-0.2, -0.15) is 4.90 Å². The summed E-state index contributed by atoms with van der Waals surface area (Å²) in [6, 6.07) is -1.48. The monoisotopic (exact) mass is 731 g/mol. The van der Waals surface area contributed by atoms with E-state index in [1.807, 2.05) is 19.6 Å². The van der Waals surface area contributed by atoms with Crippen LogP contribution in [0.15, 0.2) is 0 Å². The number of amides is 2. The van der Waals surface area contributed by atoms with E-state index in [0.717, 1.165) is 7.11 Å². The third-order valence-electron chi connectivity index (χ3n) is 7.30. The van der Waals surface area contributed by atoms with E-state index in [9.17, 15) is 28.8 Å². The fourth-order valence-electron chi connectivity index (χ4n) is 5.00. The summed E-state index contributed by atoms with van der Waals surface area (Å²) in [6.45, 7) is 18.0. The van der Waals surface area contributed by atoms with Gasteiger partial charge in [0.1, 0.15) is 11.2 Å². The van der Waals surface area contributed by atoms with Crippen LogP contribution in [0.5, 0.6) is 0 Å². The lowest BCUT2D eigenvalue weighted by atomic mass is 10.2. The smallest absolute Gasteiger partial charge is 0.420 e. The maximum atomic E-state index is 13.5. The molecule has 0 aliphatic carbocycles. The highest BCUT2D eigenvalue weighted by atomic mass is 16.6. The zero-order valence-electron chi connectivity index (χ0n) is 32.3. The summed E-state index contributed by atoms with van der Waals surface area (Å²) in [5, 5.41) is 0. The normalized spacial score (nSPS) is 16.8. The third-order valence-corrected chi connectivity index (χ3v) is 7.30. The van der Waals surface area contributed by atoms with Crippen molar-refractivity contribution in [3.63, 3.8) is 0 Å². The van der Waals surface area contributed by atoms with Crippen LogP contribution in [0, 0.1) is 0 Å². The molecule has 1 aliphatic rings. The van der Waals surface area contributed by atoms with Crippen LogP contribution in [0.2, 0.25) is 0 Å². The Labute approximate surface area is 302 Å². The topological polar surface area (TPSA) is 174 Å². The molecular weight excluding hydrogens is 670 g/mol. The molecule has 1 aliphatic heterocycles. The van der Waals surface area contributed by atoms with E-state index < -0.39 is 53.3 Å². The highest BCUT2D eigenvalue weighted by Gasteiger charge is 2.42. The maximum absolute atomic E-state index is 13.5. The van der Waals surface area contributed by atoms with E-state index in [1.54, 1.807) is 62.3 Å². The van der Waals surface area contributed by atoms with Crippen molar-refractivity contribution in [3.05, 3.63) is 0 Å². The second-order valence-electron chi connectivity index (χ2n) is 13.9. The molecule has 1 unspecified atom stereocenters. The summed E-state index contributed by atoms with van der Waals surface area (Å²) in [6.07, 6.45) is -2.17. The van der Waals surface area contributed by atoms with E-state index in [2.05, 4.69) is 0 Å². The predicted octanol–water partition coefficient (Wildman–Crippen LogP) is 1.61. The number of imide groups is 1. The van der Waals surface area contributed by atoms with Gasteiger partial charge in [0.15, 0.2) is 6.04 Å². The average Bonchev–Trinajstić information content (AvgIpc) is 2.99. The first-order valence-corrected chi connectivity index (χ1v) is 17.5. The van der Waals surface area contributed by atoms with E-state index in [0.29, 0.717) is 44.2 Å². The fourth-order valence-corrected chi connectivity index (χ4v) is 5.00. The summed E-state index contributed by atoms with van der Waals surface area (Å²) in [5.74, 6) is -2.12. The average molecular weight is 732 g/mol. The molecule has 294 valence electrons. The molecule has 51 heavy (non-hydrogen) atoms. The lowest BCUT2D eigenvalue weighted by molar-refractivity contribution is -0.147. The minimum atomic E-state index is -1.48. The highest BCUT2D eigenvalue weighted by molar-refractivity contribution is 5.94. The van der Waals surface area contributed by atoms with Crippen LogP contribution in [-0.4, -0.2) is 183 Å². The van der Waals surface area contributed by atoms with Crippen molar-refractivity contribution in [2.24, 2.45) is 0 Å². The molecule has 0 radical (unpaired) electrons. The second kappa shape index (κ2) is 22.4. The standard InChI is InChI=1S/C34H61N5O12/c1-11-47-27(40)23-36-16-14-35(15-17-37(24-28(41)48-12-2)19-21-38(20-18-36)25-29(42)49-13-3)22-26(30(43)46-10)39(31(44)50-33(4,5)6)32(45)51-34(7,8)9/h26H,11-25H2,1-10H3. The number of carbonyl (C=O) groups excluding carboxylic acids is 6. The number of ether oxygens (including phenoxy) is 6. The first-order chi connectivity index (χ1) is 23.8. The molecule has 1 saturated heterocycles. The van der Waals surface area contributed by atoms with Crippen molar-refractivity contribution in [2.75, 3.05) is 105 Å². The number of nitrogens with zero attached hydrogens (tertiary/aromatic N) is 5. The molecule has 0 aromatic heterocycles. The second-order valence-corrected chi connectivity index (χ2v) is 13.9. The van der Waals surface area contributed by atoms with Crippen LogP contribution in [0.3, 0.4) is 0 Å². The Balaban J connectivity index is 3.58. The molecule has 0 bridgehead atoms. The molecule has 0 saturated carbocycles. The number of rotatable bonds is 13. The van der Waals surface area contributed by atoms with E-state index in [4.69, 9.17) is 28.4 Å². The number of carbonyl (C=O) groups is 6. The summed E-state index contributed by atoms with van der Waals surface area (Å²) < 4.78 is 31.8. The molecule has 17 nitrogen and oxygen atoms in total. The van der Waals surface area contributed by atoms with Crippen molar-refractivity contribution >= 4 is 36.1 Å². The van der Waals surface area contributed by atoms with Gasteiger partial charge in [-0.1, -0.05) is 0 Å². The minimum absolute atomic E-state index is 0.0203. The number of esters is 4. The summed E-state index contributed by atoms with van der Waals surface area (Å²) in [7, 11) is 1.15. The molecule has 1 fully saturated rings. The first kappa shape index (κ1) is 45.5. The van der Waals surface area contributed by atoms with Crippen LogP contribution in [0.4, 0.5) is 9.59 Å². The lowest BCUT2D eigenvalue weighted by Crippen LogP contribution is -2.57. The number of hydrogen-bond donors (Lipinski definition) is 0. The fraction of sp³-hybridized carbons (Fsp3) is 0.824. The Kier molecular flexibility index (Phi) is 20.0. The van der Waals surface area contributed by atoms with Crippen LogP contribution in [0.1, 0.15) is 62.3 Å². The van der Waals surface area contributed by atoms with Crippen molar-refractivity contribution in [1.82, 2.24) is 24.5 Å². The Morgan fingerprint density at radius 3 is 1.10 bits per heavy atom. The molecule has 1 atom stereocenters. The van der Waals surface area contributed by atoms with Gasteiger partial charge in [0.05, 0.1) is 46.6 Å². The molecule has 0 spiro atoms. The van der Waals surface area contributed by atoms with Gasteiger partial charge in [0.25, 0.3) is 0 Å². The Morgan fingerprint density at radius 1 is 0.549 bits per heavy atom. The van der Waals surface area contributed by atoms with Gasteiger partial charge in [-0.15, -0.1) is 0 Å². The van der Waals surface area contributed by atoms with Gasteiger partial charge >= 0.3 is 36.1 Å². The van der Waals surface area contributed by atoms with Gasteiger partial charge in [0.2, 0.25) is 0 Å². The maximum Gasteiger partial charge on any atom is 0.420 e. The van der Waals surface area contributed by atoms with E-state index >= 15 is 0 Å². The number of methoxy groups -OCH3 is 1. The largest absolute Gasteiger partial charge is 0.467 e. The van der Waals surface area contributed by atoms with Crippen molar-refractivity contribution in [3.8, 4) is 0 Å². The zero-order valence-corrected chi connectivity index (χ0v) is 32.3. The Hall–Kier alpha value is -3.54. The van der Waals surface area contributed by atoms with Gasteiger partial charge in [0, 0.05) is 58.9 Å². The van der Waals surface area contributed by atoms with Gasteiger partial charge in [-0.05, 0) is 62.3 Å². The molecule has 17 heteroatoms. The predicted molar refractivity (Wildman–Crippen MR) is 186 cm³/mol. The van der Waals surface area contributed by atoms with Gasteiger partial charge in [-0.25, -0.2) is 14.4 Å². The lowest BCUT2D eigenvalue weighted by Gasteiger charge is -2.36. The summed E-state index contributed by atoms with van der Waals surface area (Å²) in [4.78, 5) is 86.2. The van der Waals surface area contributed by atoms with Crippen molar-refractivity contribution in [1.29, 1.82) is 0 Å². The van der Waals surface area contributed by atoms with Crippen LogP contribution in [-0.2, 0) is 47.6 Å². The molecular formula is C34H61N5O12. The molecule has 0 aromatic rings. The minimum Gasteiger partial charge on any atom is -0.467 e. The molecule has 0 N–H and O–H groups in total. The van der Waals surface area contributed by atoms with E-state index in [1.165, 1.54) is 0 Å². The Morgan fingerprint density at radius 2 is 0.843 bits per heavy atom. The van der Waals surface area contributed by atoms with Crippen LogP contribution in [0.25, 0.3) is 0 Å². The van der Waals surface area contributed by atoms with Gasteiger partial charge < -0.3 is 28.4 Å². The molecule has 1 rings (SSSR count).